The number of aromatic carboxylic acids is 1. The fourth-order valence-corrected chi connectivity index (χ4v) is 3.05. The summed E-state index contributed by atoms with van der Waals surface area (Å²) in [5, 5.41) is 11.0. The summed E-state index contributed by atoms with van der Waals surface area (Å²) in [7, 11) is 1.91. The molecule has 0 spiro atoms. The minimum Gasteiger partial charge on any atom is -0.478 e. The quantitative estimate of drug-likeness (QED) is 0.747. The van der Waals surface area contributed by atoms with Crippen LogP contribution in [0.15, 0.2) is 41.7 Å². The average Bonchev–Trinajstić information content (AvgIpc) is 2.87. The number of carboxylic acids is 1. The van der Waals surface area contributed by atoms with Crippen molar-refractivity contribution in [1.29, 1.82) is 0 Å². The highest BCUT2D eigenvalue weighted by atomic mass is 32.2. The summed E-state index contributed by atoms with van der Waals surface area (Å²) >= 11 is 1.64. The number of aromatic nitrogens is 3. The first-order valence-electron chi connectivity index (χ1n) is 6.89. The summed E-state index contributed by atoms with van der Waals surface area (Å²) in [6.07, 6.45) is 1.74. The van der Waals surface area contributed by atoms with Gasteiger partial charge in [-0.25, -0.2) is 14.8 Å². The van der Waals surface area contributed by atoms with Gasteiger partial charge in [0.25, 0.3) is 0 Å². The molecule has 1 aromatic carbocycles. The van der Waals surface area contributed by atoms with Crippen LogP contribution < -0.4 is 0 Å². The van der Waals surface area contributed by atoms with Crippen LogP contribution in [0.4, 0.5) is 0 Å². The van der Waals surface area contributed by atoms with E-state index in [4.69, 9.17) is 0 Å². The largest absolute Gasteiger partial charge is 0.478 e. The van der Waals surface area contributed by atoms with E-state index in [1.54, 1.807) is 30.1 Å². The molecule has 0 aliphatic carbocycles. The van der Waals surface area contributed by atoms with E-state index < -0.39 is 5.97 Å². The van der Waals surface area contributed by atoms with Gasteiger partial charge in [0.05, 0.1) is 28.7 Å². The number of carboxylic acid groups (broad SMARTS) is 1. The number of nitrogens with zero attached hydrogens (tertiary/aromatic N) is 3. The smallest absolute Gasteiger partial charge is 0.336 e. The number of hydrogen-bond acceptors (Lipinski definition) is 4. The minimum atomic E-state index is -0.954. The van der Waals surface area contributed by atoms with E-state index in [0.717, 1.165) is 16.6 Å². The number of benzene rings is 1. The van der Waals surface area contributed by atoms with Gasteiger partial charge in [-0.1, -0.05) is 36.9 Å². The molecule has 0 bridgehead atoms. The molecule has 1 N–H and O–H groups in total. The molecule has 0 radical (unpaired) electrons. The van der Waals surface area contributed by atoms with Crippen LogP contribution in [-0.4, -0.2) is 31.4 Å². The summed E-state index contributed by atoms with van der Waals surface area (Å²) in [6.45, 7) is 2.07. The van der Waals surface area contributed by atoms with Gasteiger partial charge in [0.2, 0.25) is 0 Å². The second-order valence-corrected chi connectivity index (χ2v) is 6.03. The van der Waals surface area contributed by atoms with Crippen molar-refractivity contribution in [3.8, 4) is 11.4 Å². The first-order chi connectivity index (χ1) is 10.6. The van der Waals surface area contributed by atoms with Gasteiger partial charge in [0.15, 0.2) is 5.16 Å². The molecule has 0 aliphatic heterocycles. The van der Waals surface area contributed by atoms with Crippen molar-refractivity contribution in [1.82, 2.24) is 14.5 Å². The molecule has 0 saturated heterocycles. The fraction of sp³-hybridized carbons (Fsp3) is 0.188. The van der Waals surface area contributed by atoms with Gasteiger partial charge >= 0.3 is 5.97 Å². The minimum absolute atomic E-state index is 0.256. The Morgan fingerprint density at radius 3 is 2.86 bits per heavy atom. The third kappa shape index (κ3) is 2.46. The van der Waals surface area contributed by atoms with Crippen LogP contribution in [0.2, 0.25) is 0 Å². The van der Waals surface area contributed by atoms with Crippen LogP contribution >= 0.6 is 11.8 Å². The van der Waals surface area contributed by atoms with Crippen LogP contribution in [-0.2, 0) is 7.05 Å². The zero-order valence-electron chi connectivity index (χ0n) is 12.3. The highest BCUT2D eigenvalue weighted by Crippen LogP contribution is 2.27. The molecule has 0 atom stereocenters. The van der Waals surface area contributed by atoms with Crippen molar-refractivity contribution in [3.05, 3.63) is 42.1 Å². The summed E-state index contributed by atoms with van der Waals surface area (Å²) < 4.78 is 1.94. The second kappa shape index (κ2) is 5.81. The lowest BCUT2D eigenvalue weighted by Crippen LogP contribution is -2.02. The molecule has 2 heterocycles. The lowest BCUT2D eigenvalue weighted by atomic mass is 10.1. The molecule has 0 saturated carbocycles. The Morgan fingerprint density at radius 1 is 1.36 bits per heavy atom. The maximum atomic E-state index is 11.5. The van der Waals surface area contributed by atoms with Gasteiger partial charge < -0.3 is 9.67 Å². The van der Waals surface area contributed by atoms with Gasteiger partial charge in [0.1, 0.15) is 0 Å². The van der Waals surface area contributed by atoms with Crippen molar-refractivity contribution in [2.75, 3.05) is 5.75 Å². The van der Waals surface area contributed by atoms with Crippen LogP contribution in [0.5, 0.6) is 0 Å². The third-order valence-corrected chi connectivity index (χ3v) is 4.35. The van der Waals surface area contributed by atoms with Crippen molar-refractivity contribution >= 4 is 28.6 Å². The Hall–Kier alpha value is -2.34. The van der Waals surface area contributed by atoms with Gasteiger partial charge in [-0.15, -0.1) is 0 Å². The molecular formula is C16H15N3O2S. The van der Waals surface area contributed by atoms with Gasteiger partial charge in [-0.3, -0.25) is 0 Å². The Kier molecular flexibility index (Phi) is 3.85. The molecule has 5 nitrogen and oxygen atoms in total. The van der Waals surface area contributed by atoms with Crippen molar-refractivity contribution in [2.45, 2.75) is 12.1 Å². The van der Waals surface area contributed by atoms with E-state index in [1.807, 2.05) is 29.8 Å². The number of para-hydroxylation sites is 1. The van der Waals surface area contributed by atoms with Crippen LogP contribution in [0.3, 0.4) is 0 Å². The Morgan fingerprint density at radius 2 is 2.14 bits per heavy atom. The van der Waals surface area contributed by atoms with E-state index in [9.17, 15) is 9.90 Å². The number of thioether (sulfide) groups is 1. The van der Waals surface area contributed by atoms with Gasteiger partial charge in [-0.2, -0.15) is 0 Å². The number of imidazole rings is 1. The van der Waals surface area contributed by atoms with Crippen LogP contribution in [0.1, 0.15) is 17.3 Å². The predicted octanol–water partition coefficient (Wildman–Crippen LogP) is 3.45. The maximum Gasteiger partial charge on any atom is 0.336 e. The topological polar surface area (TPSA) is 68.0 Å². The monoisotopic (exact) mass is 313 g/mol. The van der Waals surface area contributed by atoms with Crippen molar-refractivity contribution in [2.24, 2.45) is 7.05 Å². The molecule has 3 aromatic rings. The second-order valence-electron chi connectivity index (χ2n) is 4.80. The zero-order chi connectivity index (χ0) is 15.7. The lowest BCUT2D eigenvalue weighted by Gasteiger charge is -2.08. The lowest BCUT2D eigenvalue weighted by molar-refractivity contribution is 0.0699. The van der Waals surface area contributed by atoms with E-state index in [2.05, 4.69) is 16.9 Å². The molecule has 0 unspecified atom stereocenters. The predicted molar refractivity (Wildman–Crippen MR) is 87.3 cm³/mol. The Bertz CT molecular complexity index is 858. The number of carbonyl (C=O) groups is 1. The van der Waals surface area contributed by atoms with E-state index in [1.165, 1.54) is 0 Å². The number of pyridine rings is 1. The van der Waals surface area contributed by atoms with Crippen molar-refractivity contribution < 1.29 is 9.90 Å². The molecule has 112 valence electrons. The van der Waals surface area contributed by atoms with Crippen LogP contribution in [0, 0.1) is 0 Å². The zero-order valence-corrected chi connectivity index (χ0v) is 13.1. The van der Waals surface area contributed by atoms with E-state index in [-0.39, 0.29) is 5.56 Å². The molecule has 6 heteroatoms. The van der Waals surface area contributed by atoms with Crippen LogP contribution in [0.25, 0.3) is 22.3 Å². The molecule has 0 aliphatic rings. The molecule has 0 fully saturated rings. The summed E-state index contributed by atoms with van der Waals surface area (Å²) in [5.41, 5.74) is 2.35. The molecular weight excluding hydrogens is 298 g/mol. The van der Waals surface area contributed by atoms with Gasteiger partial charge in [-0.05, 0) is 17.9 Å². The third-order valence-electron chi connectivity index (χ3n) is 3.43. The number of hydrogen-bond donors (Lipinski definition) is 1. The number of fused-ring (bicyclic) bond motifs is 1. The van der Waals surface area contributed by atoms with E-state index >= 15 is 0 Å². The van der Waals surface area contributed by atoms with E-state index in [0.29, 0.717) is 16.6 Å². The normalized spacial score (nSPS) is 11.0. The first kappa shape index (κ1) is 14.6. The molecule has 0 amide bonds. The number of rotatable bonds is 4. The first-order valence-corrected chi connectivity index (χ1v) is 7.88. The highest BCUT2D eigenvalue weighted by Gasteiger charge is 2.15. The Balaban J connectivity index is 2.21. The molecule has 22 heavy (non-hydrogen) atoms. The highest BCUT2D eigenvalue weighted by molar-refractivity contribution is 7.99. The Labute approximate surface area is 132 Å². The summed E-state index contributed by atoms with van der Waals surface area (Å²) in [6, 6.07) is 8.88. The summed E-state index contributed by atoms with van der Waals surface area (Å²) in [4.78, 5) is 20.5. The SMILES string of the molecule is CCSc1ncc(-c2cc(C(=O)O)c3ccccc3n2)n1C. The summed E-state index contributed by atoms with van der Waals surface area (Å²) in [5.74, 6) is -0.0271. The van der Waals surface area contributed by atoms with Crippen molar-refractivity contribution in [3.63, 3.8) is 0 Å². The molecule has 2 aromatic heterocycles. The standard InChI is InChI=1S/C16H15N3O2S/c1-3-22-16-17-9-14(19(16)2)13-8-11(15(20)21)10-6-4-5-7-12(10)18-13/h4-9H,3H2,1-2H3,(H,20,21). The fourth-order valence-electron chi connectivity index (χ4n) is 2.38. The maximum absolute atomic E-state index is 11.5. The molecule has 3 rings (SSSR count). The van der Waals surface area contributed by atoms with Gasteiger partial charge in [0, 0.05) is 12.4 Å². The average molecular weight is 313 g/mol.